The summed E-state index contributed by atoms with van der Waals surface area (Å²) in [5, 5.41) is 12.6. The second-order valence-corrected chi connectivity index (χ2v) is 4.42. The summed E-state index contributed by atoms with van der Waals surface area (Å²) < 4.78 is 6.85. The summed E-state index contributed by atoms with van der Waals surface area (Å²) >= 11 is 3.32. The van der Waals surface area contributed by atoms with Gasteiger partial charge in [-0.25, -0.2) is 4.68 Å². The maximum absolute atomic E-state index is 5.15. The van der Waals surface area contributed by atoms with Gasteiger partial charge in [-0.15, -0.1) is 5.10 Å². The third-order valence-corrected chi connectivity index (χ3v) is 3.02. The highest BCUT2D eigenvalue weighted by molar-refractivity contribution is 9.08. The van der Waals surface area contributed by atoms with Crippen LogP contribution in [-0.4, -0.2) is 25.1 Å². The molecular weight excluding hydrogens is 274 g/mol. The van der Waals surface area contributed by atoms with E-state index in [1.165, 1.54) is 12.8 Å². The van der Waals surface area contributed by atoms with Crippen molar-refractivity contribution in [3.63, 3.8) is 0 Å². The summed E-state index contributed by atoms with van der Waals surface area (Å²) in [6.07, 6.45) is 4.21. The number of hydrogen-bond acceptors (Lipinski definition) is 5. The predicted molar refractivity (Wildman–Crippen MR) is 58.0 cm³/mol. The second kappa shape index (κ2) is 3.97. The SMILES string of the molecule is BrCc1cn(Cc2nc(C3CC3)no2)nn1. The molecule has 7 heteroatoms. The number of rotatable bonds is 4. The van der Waals surface area contributed by atoms with Crippen LogP contribution in [0.5, 0.6) is 0 Å². The average molecular weight is 284 g/mol. The highest BCUT2D eigenvalue weighted by Crippen LogP contribution is 2.38. The van der Waals surface area contributed by atoms with Crippen molar-refractivity contribution in [3.05, 3.63) is 23.6 Å². The van der Waals surface area contributed by atoms with E-state index in [2.05, 4.69) is 36.4 Å². The maximum Gasteiger partial charge on any atom is 0.248 e. The van der Waals surface area contributed by atoms with Crippen molar-refractivity contribution < 1.29 is 4.52 Å². The van der Waals surface area contributed by atoms with Gasteiger partial charge >= 0.3 is 0 Å². The monoisotopic (exact) mass is 283 g/mol. The predicted octanol–water partition coefficient (Wildman–Crippen LogP) is 1.48. The van der Waals surface area contributed by atoms with Crippen LogP contribution in [0.15, 0.2) is 10.7 Å². The van der Waals surface area contributed by atoms with E-state index in [1.54, 1.807) is 4.68 Å². The van der Waals surface area contributed by atoms with Gasteiger partial charge in [0.25, 0.3) is 0 Å². The minimum absolute atomic E-state index is 0.486. The molecule has 2 aromatic heterocycles. The molecule has 1 aliphatic rings. The van der Waals surface area contributed by atoms with Crippen molar-refractivity contribution in [1.82, 2.24) is 25.1 Å². The van der Waals surface area contributed by atoms with Crippen LogP contribution in [0.3, 0.4) is 0 Å². The zero-order chi connectivity index (χ0) is 11.0. The van der Waals surface area contributed by atoms with E-state index in [0.29, 0.717) is 23.7 Å². The largest absolute Gasteiger partial charge is 0.337 e. The molecule has 1 aliphatic carbocycles. The minimum Gasteiger partial charge on any atom is -0.337 e. The molecule has 0 unspecified atom stereocenters. The van der Waals surface area contributed by atoms with Gasteiger partial charge in [0.2, 0.25) is 5.89 Å². The minimum atomic E-state index is 0.486. The lowest BCUT2D eigenvalue weighted by atomic mass is 10.4. The lowest BCUT2D eigenvalue weighted by molar-refractivity contribution is 0.360. The Hall–Kier alpha value is -1.24. The van der Waals surface area contributed by atoms with Gasteiger partial charge in [-0.2, -0.15) is 4.98 Å². The Morgan fingerprint density at radius 2 is 2.38 bits per heavy atom. The lowest BCUT2D eigenvalue weighted by Gasteiger charge is -1.91. The van der Waals surface area contributed by atoms with Gasteiger partial charge in [-0.05, 0) is 12.8 Å². The molecule has 0 saturated heterocycles. The van der Waals surface area contributed by atoms with Gasteiger partial charge in [0, 0.05) is 17.4 Å². The Labute approximate surface area is 100 Å². The molecule has 0 atom stereocenters. The lowest BCUT2D eigenvalue weighted by Crippen LogP contribution is -2.00. The van der Waals surface area contributed by atoms with Crippen LogP contribution >= 0.6 is 15.9 Å². The summed E-state index contributed by atoms with van der Waals surface area (Å²) in [6, 6.07) is 0. The van der Waals surface area contributed by atoms with Gasteiger partial charge in [0.1, 0.15) is 6.54 Å². The van der Waals surface area contributed by atoms with Crippen LogP contribution in [0.25, 0.3) is 0 Å². The number of nitrogens with zero attached hydrogens (tertiary/aromatic N) is 5. The molecule has 0 spiro atoms. The first-order chi connectivity index (χ1) is 7.85. The summed E-state index contributed by atoms with van der Waals surface area (Å²) in [4.78, 5) is 4.32. The summed E-state index contributed by atoms with van der Waals surface area (Å²) in [7, 11) is 0. The normalized spacial score (nSPS) is 15.6. The van der Waals surface area contributed by atoms with Crippen LogP contribution in [0.4, 0.5) is 0 Å². The Morgan fingerprint density at radius 1 is 1.50 bits per heavy atom. The molecule has 0 radical (unpaired) electrons. The zero-order valence-corrected chi connectivity index (χ0v) is 10.1. The van der Waals surface area contributed by atoms with Crippen molar-refractivity contribution in [2.45, 2.75) is 30.6 Å². The molecule has 16 heavy (non-hydrogen) atoms. The Kier molecular flexibility index (Phi) is 2.47. The highest BCUT2D eigenvalue weighted by atomic mass is 79.9. The van der Waals surface area contributed by atoms with Crippen LogP contribution in [0, 0.1) is 0 Å². The van der Waals surface area contributed by atoms with Gasteiger partial charge < -0.3 is 4.52 Å². The standard InChI is InChI=1S/C9H10BrN5O/c10-3-7-4-15(14-12-7)5-8-11-9(13-16-8)6-1-2-6/h4,6H,1-3,5H2. The fourth-order valence-electron chi connectivity index (χ4n) is 1.46. The average Bonchev–Trinajstić information content (AvgIpc) is 2.88. The molecule has 84 valence electrons. The molecule has 0 aliphatic heterocycles. The van der Waals surface area contributed by atoms with Crippen molar-refractivity contribution in [2.75, 3.05) is 0 Å². The first-order valence-electron chi connectivity index (χ1n) is 5.12. The molecule has 0 aromatic carbocycles. The van der Waals surface area contributed by atoms with E-state index in [-0.39, 0.29) is 0 Å². The molecule has 0 amide bonds. The number of alkyl halides is 1. The number of aromatic nitrogens is 5. The van der Waals surface area contributed by atoms with E-state index in [9.17, 15) is 0 Å². The molecule has 1 fully saturated rings. The topological polar surface area (TPSA) is 69.6 Å². The van der Waals surface area contributed by atoms with Gasteiger partial charge in [0.05, 0.1) is 5.69 Å². The van der Waals surface area contributed by atoms with Crippen molar-refractivity contribution in [1.29, 1.82) is 0 Å². The fourth-order valence-corrected chi connectivity index (χ4v) is 1.71. The van der Waals surface area contributed by atoms with Gasteiger partial charge in [0.15, 0.2) is 5.82 Å². The van der Waals surface area contributed by atoms with Gasteiger partial charge in [-0.1, -0.05) is 26.3 Å². The molecule has 1 saturated carbocycles. The van der Waals surface area contributed by atoms with Crippen LogP contribution in [-0.2, 0) is 11.9 Å². The maximum atomic E-state index is 5.15. The third-order valence-electron chi connectivity index (χ3n) is 2.45. The van der Waals surface area contributed by atoms with E-state index in [1.807, 2.05) is 6.20 Å². The summed E-state index contributed by atoms with van der Waals surface area (Å²) in [5.41, 5.74) is 0.891. The molecule has 6 nitrogen and oxygen atoms in total. The summed E-state index contributed by atoms with van der Waals surface area (Å²) in [6.45, 7) is 0.486. The van der Waals surface area contributed by atoms with Crippen molar-refractivity contribution in [2.24, 2.45) is 0 Å². The molecular formula is C9H10BrN5O. The Balaban J connectivity index is 1.72. The quantitative estimate of drug-likeness (QED) is 0.795. The number of halogens is 1. The zero-order valence-electron chi connectivity index (χ0n) is 8.51. The molecule has 0 bridgehead atoms. The molecule has 2 heterocycles. The molecule has 2 aromatic rings. The van der Waals surface area contributed by atoms with Crippen LogP contribution in [0.2, 0.25) is 0 Å². The van der Waals surface area contributed by atoms with Crippen LogP contribution in [0.1, 0.15) is 36.2 Å². The highest BCUT2D eigenvalue weighted by Gasteiger charge is 2.28. The second-order valence-electron chi connectivity index (χ2n) is 3.86. The number of hydrogen-bond donors (Lipinski definition) is 0. The van der Waals surface area contributed by atoms with E-state index >= 15 is 0 Å². The van der Waals surface area contributed by atoms with Crippen molar-refractivity contribution in [3.8, 4) is 0 Å². The van der Waals surface area contributed by atoms with Gasteiger partial charge in [-0.3, -0.25) is 0 Å². The fraction of sp³-hybridized carbons (Fsp3) is 0.556. The van der Waals surface area contributed by atoms with Crippen molar-refractivity contribution >= 4 is 15.9 Å². The smallest absolute Gasteiger partial charge is 0.248 e. The van der Waals surface area contributed by atoms with E-state index in [0.717, 1.165) is 11.5 Å². The van der Waals surface area contributed by atoms with E-state index in [4.69, 9.17) is 4.52 Å². The first-order valence-corrected chi connectivity index (χ1v) is 6.25. The molecule has 3 rings (SSSR count). The Morgan fingerprint density at radius 3 is 3.06 bits per heavy atom. The first kappa shape index (κ1) is 9.95. The Bertz CT molecular complexity index is 490. The molecule has 0 N–H and O–H groups in total. The van der Waals surface area contributed by atoms with Crippen LogP contribution < -0.4 is 0 Å². The van der Waals surface area contributed by atoms with E-state index < -0.39 is 0 Å². The summed E-state index contributed by atoms with van der Waals surface area (Å²) in [5.74, 6) is 1.94. The third kappa shape index (κ3) is 1.99.